The summed E-state index contributed by atoms with van der Waals surface area (Å²) >= 11 is 0. The molecule has 0 aliphatic carbocycles. The molecule has 0 aromatic heterocycles. The van der Waals surface area contributed by atoms with Crippen molar-refractivity contribution < 1.29 is 19.3 Å². The zero-order valence-corrected chi connectivity index (χ0v) is 4.79. The van der Waals surface area contributed by atoms with E-state index >= 15 is 0 Å². The molecular formula is C2H6N4O4. The van der Waals surface area contributed by atoms with Gasteiger partial charge in [-0.1, -0.05) is 5.59 Å². The van der Waals surface area contributed by atoms with Gasteiger partial charge in [-0.3, -0.25) is 0 Å². The van der Waals surface area contributed by atoms with E-state index < -0.39 is 12.2 Å². The Bertz CT molecular complexity index is 135. The van der Waals surface area contributed by atoms with Gasteiger partial charge in [0, 0.05) is 0 Å². The molecule has 0 aromatic rings. The molecule has 58 valence electrons. The molecule has 0 radical (unpaired) electrons. The lowest BCUT2D eigenvalue weighted by molar-refractivity contribution is 0.00547. The summed E-state index contributed by atoms with van der Waals surface area (Å²) in [4.78, 5) is 27.2. The van der Waals surface area contributed by atoms with Crippen LogP contribution in [0.2, 0.25) is 0 Å². The van der Waals surface area contributed by atoms with Crippen LogP contribution in [0.25, 0.3) is 0 Å². The first-order valence-corrected chi connectivity index (χ1v) is 2.04. The molecule has 8 heteroatoms. The highest BCUT2D eigenvalue weighted by atomic mass is 16.9. The van der Waals surface area contributed by atoms with Gasteiger partial charge in [0.1, 0.15) is 0 Å². The summed E-state index contributed by atoms with van der Waals surface area (Å²) in [5.74, 6) is 4.33. The molecule has 0 unspecified atom stereocenters. The number of hydrazine groups is 1. The maximum absolute atomic E-state index is 9.97. The highest BCUT2D eigenvalue weighted by Crippen LogP contribution is 1.70. The molecular weight excluding hydrogens is 144 g/mol. The summed E-state index contributed by atoms with van der Waals surface area (Å²) in [6.45, 7) is 0. The minimum absolute atomic E-state index is 0.912. The lowest BCUT2D eigenvalue weighted by atomic mass is 11.2. The molecule has 0 aliphatic heterocycles. The average Bonchev–Trinajstić information content (AvgIpc) is 1.87. The predicted molar refractivity (Wildman–Crippen MR) is 27.6 cm³/mol. The fraction of sp³-hybridized carbons (Fsp3) is 0. The van der Waals surface area contributed by atoms with Gasteiger partial charge in [0.15, 0.2) is 0 Å². The van der Waals surface area contributed by atoms with Crippen molar-refractivity contribution in [2.45, 2.75) is 0 Å². The maximum atomic E-state index is 9.97. The molecule has 0 aromatic carbocycles. The largest absolute Gasteiger partial charge is 0.548 e. The van der Waals surface area contributed by atoms with Gasteiger partial charge >= 0.3 is 12.2 Å². The molecule has 0 aliphatic rings. The van der Waals surface area contributed by atoms with Crippen molar-refractivity contribution in [2.24, 2.45) is 11.6 Å². The molecule has 0 atom stereocenters. The fourth-order valence-electron chi connectivity index (χ4n) is 0.142. The van der Waals surface area contributed by atoms with Crippen molar-refractivity contribution in [3.8, 4) is 0 Å². The van der Waals surface area contributed by atoms with Crippen LogP contribution in [0.15, 0.2) is 0 Å². The minimum atomic E-state index is -1.20. The topological polar surface area (TPSA) is 129 Å². The van der Waals surface area contributed by atoms with Crippen LogP contribution in [0.1, 0.15) is 0 Å². The Kier molecular flexibility index (Phi) is 3.68. The first-order valence-electron chi connectivity index (χ1n) is 2.04. The van der Waals surface area contributed by atoms with Crippen LogP contribution >= 0.6 is 0 Å². The Morgan fingerprint density at radius 1 is 1.40 bits per heavy atom. The standard InChI is InChI=1S/C2H6N4O4/c3-1(7)5-6-10-2(8)9-4/h6H,4H2,(H3,3,5,7). The second-order valence-electron chi connectivity index (χ2n) is 1.06. The fourth-order valence-corrected chi connectivity index (χ4v) is 0.142. The Morgan fingerprint density at radius 3 is 2.40 bits per heavy atom. The van der Waals surface area contributed by atoms with E-state index in [4.69, 9.17) is 0 Å². The van der Waals surface area contributed by atoms with Crippen molar-refractivity contribution >= 4 is 12.2 Å². The molecule has 0 bridgehead atoms. The Labute approximate surface area is 55.3 Å². The van der Waals surface area contributed by atoms with Crippen molar-refractivity contribution in [3.05, 3.63) is 0 Å². The van der Waals surface area contributed by atoms with Crippen molar-refractivity contribution in [3.63, 3.8) is 0 Å². The van der Waals surface area contributed by atoms with Gasteiger partial charge in [-0.2, -0.15) is 10.7 Å². The monoisotopic (exact) mass is 150 g/mol. The molecule has 0 saturated heterocycles. The van der Waals surface area contributed by atoms with Gasteiger partial charge in [0.25, 0.3) is 0 Å². The van der Waals surface area contributed by atoms with E-state index in [2.05, 4.69) is 21.3 Å². The van der Waals surface area contributed by atoms with E-state index in [9.17, 15) is 9.59 Å². The second-order valence-corrected chi connectivity index (χ2v) is 1.06. The number of primary amides is 1. The summed E-state index contributed by atoms with van der Waals surface area (Å²) in [6, 6.07) is -0.912. The molecule has 0 rings (SSSR count). The molecule has 0 fully saturated rings. The Morgan fingerprint density at radius 2 is 2.00 bits per heavy atom. The normalized spacial score (nSPS) is 8.10. The third-order valence-electron chi connectivity index (χ3n) is 0.405. The van der Waals surface area contributed by atoms with Gasteiger partial charge in [0.05, 0.1) is 0 Å². The molecule has 2 amide bonds. The van der Waals surface area contributed by atoms with Crippen molar-refractivity contribution in [1.29, 1.82) is 0 Å². The smallest absolute Gasteiger partial charge is 0.350 e. The van der Waals surface area contributed by atoms with Crippen LogP contribution in [0, 0.1) is 0 Å². The van der Waals surface area contributed by atoms with E-state index in [1.165, 1.54) is 0 Å². The SMILES string of the molecule is NOC(=O)ONNC(N)=O. The summed E-state index contributed by atoms with van der Waals surface area (Å²) in [6.07, 6.45) is -1.20. The molecule has 0 heterocycles. The van der Waals surface area contributed by atoms with E-state index in [-0.39, 0.29) is 0 Å². The highest BCUT2D eigenvalue weighted by molar-refractivity contribution is 5.71. The Balaban J connectivity index is 3.20. The summed E-state index contributed by atoms with van der Waals surface area (Å²) in [7, 11) is 0. The number of rotatable bonds is 2. The predicted octanol–water partition coefficient (Wildman–Crippen LogP) is -1.90. The first-order chi connectivity index (χ1) is 4.66. The summed E-state index contributed by atoms with van der Waals surface area (Å²) in [5.41, 5.74) is 7.92. The number of nitrogens with one attached hydrogen (secondary N) is 2. The third kappa shape index (κ3) is 4.61. The van der Waals surface area contributed by atoms with Crippen LogP contribution in [0.4, 0.5) is 9.59 Å². The number of hydrogen-bond donors (Lipinski definition) is 4. The summed E-state index contributed by atoms with van der Waals surface area (Å²) in [5, 5.41) is 0. The van der Waals surface area contributed by atoms with Gasteiger partial charge in [-0.25, -0.2) is 10.2 Å². The molecule has 0 spiro atoms. The minimum Gasteiger partial charge on any atom is -0.350 e. The van der Waals surface area contributed by atoms with E-state index in [0.717, 1.165) is 0 Å². The van der Waals surface area contributed by atoms with Crippen molar-refractivity contribution in [2.75, 3.05) is 0 Å². The highest BCUT2D eigenvalue weighted by Gasteiger charge is 1.99. The number of carbonyl (C=O) groups is 2. The van der Waals surface area contributed by atoms with E-state index in [0.29, 0.717) is 0 Å². The van der Waals surface area contributed by atoms with Gasteiger partial charge < -0.3 is 15.4 Å². The zero-order valence-electron chi connectivity index (χ0n) is 4.79. The molecule has 10 heavy (non-hydrogen) atoms. The van der Waals surface area contributed by atoms with Crippen LogP contribution in [-0.2, 0) is 9.68 Å². The van der Waals surface area contributed by atoms with Gasteiger partial charge in [-0.15, -0.1) is 0 Å². The number of urea groups is 1. The number of amides is 2. The van der Waals surface area contributed by atoms with E-state index in [1.54, 1.807) is 11.0 Å². The van der Waals surface area contributed by atoms with Crippen molar-refractivity contribution in [1.82, 2.24) is 11.0 Å². The second kappa shape index (κ2) is 4.35. The Hall–Kier alpha value is -1.54. The average molecular weight is 150 g/mol. The lowest BCUT2D eigenvalue weighted by Crippen LogP contribution is -2.42. The molecule has 0 saturated carbocycles. The zero-order chi connectivity index (χ0) is 7.98. The first kappa shape index (κ1) is 8.46. The summed E-state index contributed by atoms with van der Waals surface area (Å²) < 4.78 is 0. The third-order valence-corrected chi connectivity index (χ3v) is 0.405. The molecule has 8 nitrogen and oxygen atoms in total. The lowest BCUT2D eigenvalue weighted by Gasteiger charge is -2.01. The number of nitrogens with two attached hydrogens (primary N) is 2. The maximum Gasteiger partial charge on any atom is 0.548 e. The van der Waals surface area contributed by atoms with Crippen LogP contribution in [0.5, 0.6) is 0 Å². The number of hydrogen-bond acceptors (Lipinski definition) is 6. The van der Waals surface area contributed by atoms with Gasteiger partial charge in [0.2, 0.25) is 0 Å². The van der Waals surface area contributed by atoms with Crippen LogP contribution in [0.3, 0.4) is 0 Å². The number of carbonyl (C=O) groups excluding carboxylic acids is 2. The van der Waals surface area contributed by atoms with E-state index in [1.807, 2.05) is 0 Å². The van der Waals surface area contributed by atoms with Crippen LogP contribution in [-0.4, -0.2) is 12.2 Å². The molecule has 6 N–H and O–H groups in total. The quantitative estimate of drug-likeness (QED) is 0.340. The van der Waals surface area contributed by atoms with Gasteiger partial charge in [-0.05, 0) is 0 Å². The van der Waals surface area contributed by atoms with Crippen LogP contribution < -0.4 is 22.6 Å².